The predicted octanol–water partition coefficient (Wildman–Crippen LogP) is 3.25. The molecule has 136 valence electrons. The van der Waals surface area contributed by atoms with Crippen molar-refractivity contribution in [3.8, 4) is 0 Å². The second kappa shape index (κ2) is 7.16. The van der Waals surface area contributed by atoms with Gasteiger partial charge in [-0.1, -0.05) is 36.4 Å². The Morgan fingerprint density at radius 1 is 1.12 bits per heavy atom. The van der Waals surface area contributed by atoms with Crippen LogP contribution in [-0.4, -0.2) is 36.6 Å². The van der Waals surface area contributed by atoms with Crippen LogP contribution >= 0.6 is 0 Å². The highest BCUT2D eigenvalue weighted by atomic mass is 19.1. The molecule has 1 N–H and O–H groups in total. The summed E-state index contributed by atoms with van der Waals surface area (Å²) in [4.78, 5) is 14.9. The number of benzene rings is 2. The average molecular weight is 356 g/mol. The van der Waals surface area contributed by atoms with Gasteiger partial charge in [0, 0.05) is 32.0 Å². The van der Waals surface area contributed by atoms with E-state index >= 15 is 0 Å². The normalized spacial score (nSPS) is 25.2. The van der Waals surface area contributed by atoms with Crippen LogP contribution in [0.4, 0.5) is 8.78 Å². The Morgan fingerprint density at radius 2 is 1.88 bits per heavy atom. The minimum Gasteiger partial charge on any atom is -0.331 e. The van der Waals surface area contributed by atoms with Crippen molar-refractivity contribution in [1.29, 1.82) is 0 Å². The number of fused-ring (bicyclic) bond motifs is 1. The van der Waals surface area contributed by atoms with Gasteiger partial charge in [0.25, 0.3) is 0 Å². The fraction of sp³-hybridized carbons (Fsp3) is 0.381. The number of rotatable bonds is 3. The summed E-state index contributed by atoms with van der Waals surface area (Å²) >= 11 is 0. The van der Waals surface area contributed by atoms with E-state index in [9.17, 15) is 13.6 Å². The van der Waals surface area contributed by atoms with E-state index in [1.54, 1.807) is 12.1 Å². The molecule has 5 heteroatoms. The molecule has 4 rings (SSSR count). The lowest BCUT2D eigenvalue weighted by atomic mass is 9.87. The van der Waals surface area contributed by atoms with Crippen LogP contribution in [0.1, 0.15) is 29.2 Å². The molecule has 2 aromatic rings. The van der Waals surface area contributed by atoms with Gasteiger partial charge in [0.1, 0.15) is 12.0 Å². The highest BCUT2D eigenvalue weighted by molar-refractivity contribution is 5.78. The van der Waals surface area contributed by atoms with Crippen molar-refractivity contribution < 1.29 is 13.6 Å². The van der Waals surface area contributed by atoms with Gasteiger partial charge in [-0.25, -0.2) is 8.78 Å². The molecule has 1 fully saturated rings. The third-order valence-electron chi connectivity index (χ3n) is 5.48. The molecule has 0 bridgehead atoms. The quantitative estimate of drug-likeness (QED) is 0.916. The van der Waals surface area contributed by atoms with Crippen molar-refractivity contribution in [3.05, 3.63) is 71.0 Å². The van der Waals surface area contributed by atoms with Crippen LogP contribution in [0.5, 0.6) is 0 Å². The lowest BCUT2D eigenvalue weighted by Crippen LogP contribution is -2.41. The maximum Gasteiger partial charge on any atom is 0.223 e. The van der Waals surface area contributed by atoms with Crippen LogP contribution in [0, 0.1) is 11.7 Å². The SMILES string of the molecule is O=C(C[C@H]1CNC[C@@H]1F)N1CCc2ccccc2[C@@H]1c1ccc(F)cc1. The molecule has 2 aliphatic rings. The number of carbonyl (C=O) groups is 1. The highest BCUT2D eigenvalue weighted by Crippen LogP contribution is 2.36. The monoisotopic (exact) mass is 356 g/mol. The van der Waals surface area contributed by atoms with Gasteiger partial charge >= 0.3 is 0 Å². The van der Waals surface area contributed by atoms with Gasteiger partial charge in [0.15, 0.2) is 0 Å². The summed E-state index contributed by atoms with van der Waals surface area (Å²) in [6.45, 7) is 1.45. The molecule has 0 spiro atoms. The van der Waals surface area contributed by atoms with Gasteiger partial charge < -0.3 is 10.2 Å². The zero-order valence-electron chi connectivity index (χ0n) is 14.5. The zero-order valence-corrected chi connectivity index (χ0v) is 14.5. The molecular weight excluding hydrogens is 334 g/mol. The van der Waals surface area contributed by atoms with Gasteiger partial charge in [0.2, 0.25) is 5.91 Å². The van der Waals surface area contributed by atoms with E-state index in [4.69, 9.17) is 0 Å². The number of hydrogen-bond acceptors (Lipinski definition) is 2. The lowest BCUT2D eigenvalue weighted by Gasteiger charge is -2.38. The molecular formula is C21H22F2N2O. The summed E-state index contributed by atoms with van der Waals surface area (Å²) in [6, 6.07) is 14.1. The molecule has 0 unspecified atom stereocenters. The number of amides is 1. The number of halogens is 2. The average Bonchev–Trinajstić information content (AvgIpc) is 3.06. The van der Waals surface area contributed by atoms with Gasteiger partial charge in [-0.05, 0) is 35.2 Å². The third kappa shape index (κ3) is 3.23. The smallest absolute Gasteiger partial charge is 0.223 e. The molecule has 0 aromatic heterocycles. The van der Waals surface area contributed by atoms with Crippen LogP contribution in [0.15, 0.2) is 48.5 Å². The Morgan fingerprint density at radius 3 is 2.62 bits per heavy atom. The Kier molecular flexibility index (Phi) is 4.72. The molecule has 1 amide bonds. The second-order valence-corrected chi connectivity index (χ2v) is 7.13. The fourth-order valence-corrected chi connectivity index (χ4v) is 4.08. The van der Waals surface area contributed by atoms with Gasteiger partial charge in [-0.3, -0.25) is 4.79 Å². The van der Waals surface area contributed by atoms with E-state index in [1.165, 1.54) is 17.7 Å². The first-order valence-electron chi connectivity index (χ1n) is 9.11. The first-order valence-corrected chi connectivity index (χ1v) is 9.11. The van der Waals surface area contributed by atoms with Crippen molar-refractivity contribution in [2.24, 2.45) is 5.92 Å². The van der Waals surface area contributed by atoms with Crippen molar-refractivity contribution in [2.75, 3.05) is 19.6 Å². The van der Waals surface area contributed by atoms with Gasteiger partial charge in [-0.15, -0.1) is 0 Å². The summed E-state index contributed by atoms with van der Waals surface area (Å²) in [5.41, 5.74) is 3.16. The number of carbonyl (C=O) groups excluding carboxylic acids is 1. The van der Waals surface area contributed by atoms with E-state index < -0.39 is 6.17 Å². The summed E-state index contributed by atoms with van der Waals surface area (Å²) in [6.07, 6.45) is 0.00981. The van der Waals surface area contributed by atoms with E-state index in [2.05, 4.69) is 11.4 Å². The zero-order chi connectivity index (χ0) is 18.1. The largest absolute Gasteiger partial charge is 0.331 e. The van der Waals surface area contributed by atoms with Crippen LogP contribution in [0.3, 0.4) is 0 Å². The Labute approximate surface area is 152 Å². The number of alkyl halides is 1. The first kappa shape index (κ1) is 17.2. The summed E-state index contributed by atoms with van der Waals surface area (Å²) in [5.74, 6) is -0.605. The van der Waals surface area contributed by atoms with Gasteiger partial charge in [0.05, 0.1) is 6.04 Å². The van der Waals surface area contributed by atoms with E-state index in [1.807, 2.05) is 23.1 Å². The first-order chi connectivity index (χ1) is 12.6. The summed E-state index contributed by atoms with van der Waals surface area (Å²) in [5, 5.41) is 3.01. The molecule has 3 atom stereocenters. The summed E-state index contributed by atoms with van der Waals surface area (Å²) in [7, 11) is 0. The summed E-state index contributed by atoms with van der Waals surface area (Å²) < 4.78 is 27.3. The van der Waals surface area contributed by atoms with Crippen LogP contribution < -0.4 is 5.32 Å². The second-order valence-electron chi connectivity index (χ2n) is 7.13. The van der Waals surface area contributed by atoms with Crippen molar-refractivity contribution in [3.63, 3.8) is 0 Å². The molecule has 26 heavy (non-hydrogen) atoms. The molecule has 2 aromatic carbocycles. The molecule has 1 saturated heterocycles. The standard InChI is InChI=1S/C21H22F2N2O/c22-17-7-5-15(6-8-17)21-18-4-2-1-3-14(18)9-10-25(21)20(26)11-16-12-24-13-19(16)23/h1-8,16,19,21,24H,9-13H2/t16-,19-,21-/m0/s1. The van der Waals surface area contributed by atoms with E-state index in [0.29, 0.717) is 19.6 Å². The topological polar surface area (TPSA) is 32.3 Å². The van der Waals surface area contributed by atoms with Crippen molar-refractivity contribution in [2.45, 2.75) is 25.1 Å². The maximum absolute atomic E-state index is 13.9. The minimum atomic E-state index is -0.972. The molecule has 0 aliphatic carbocycles. The van der Waals surface area contributed by atoms with Crippen LogP contribution in [-0.2, 0) is 11.2 Å². The van der Waals surface area contributed by atoms with Gasteiger partial charge in [-0.2, -0.15) is 0 Å². The van der Waals surface area contributed by atoms with Crippen molar-refractivity contribution >= 4 is 5.91 Å². The molecule has 0 radical (unpaired) electrons. The Hall–Kier alpha value is -2.27. The predicted molar refractivity (Wildman–Crippen MR) is 96.0 cm³/mol. The third-order valence-corrected chi connectivity index (χ3v) is 5.48. The number of nitrogens with one attached hydrogen (secondary N) is 1. The molecule has 2 aliphatic heterocycles. The Balaban J connectivity index is 1.66. The van der Waals surface area contributed by atoms with Crippen molar-refractivity contribution in [1.82, 2.24) is 10.2 Å². The number of hydrogen-bond donors (Lipinski definition) is 1. The van der Waals surface area contributed by atoms with E-state index in [0.717, 1.165) is 17.5 Å². The highest BCUT2D eigenvalue weighted by Gasteiger charge is 2.35. The molecule has 0 saturated carbocycles. The minimum absolute atomic E-state index is 0.0369. The molecule has 2 heterocycles. The lowest BCUT2D eigenvalue weighted by molar-refractivity contribution is -0.134. The Bertz CT molecular complexity index is 793. The molecule has 3 nitrogen and oxygen atoms in total. The number of nitrogens with zero attached hydrogens (tertiary/aromatic N) is 1. The van der Waals surface area contributed by atoms with Crippen LogP contribution in [0.25, 0.3) is 0 Å². The fourth-order valence-electron chi connectivity index (χ4n) is 4.08. The van der Waals surface area contributed by atoms with Crippen LogP contribution in [0.2, 0.25) is 0 Å². The maximum atomic E-state index is 13.9. The van der Waals surface area contributed by atoms with E-state index in [-0.39, 0.29) is 30.1 Å².